The Kier molecular flexibility index (Phi) is 8.51. The quantitative estimate of drug-likeness (QED) is 0.389. The molecule has 4 nitrogen and oxygen atoms in total. The Morgan fingerprint density at radius 2 is 2.29 bits per heavy atom. The Bertz CT molecular complexity index is 469. The SMILES string of the molecule is CN=C(NCC1CCCC1O)N(C)Cc1ccc(Br)s1.I. The van der Waals surface area contributed by atoms with Crippen molar-refractivity contribution in [2.45, 2.75) is 31.9 Å². The van der Waals surface area contributed by atoms with Crippen molar-refractivity contribution in [2.24, 2.45) is 10.9 Å². The fraction of sp³-hybridized carbons (Fsp3) is 0.643. The monoisotopic (exact) mass is 487 g/mol. The minimum Gasteiger partial charge on any atom is -0.393 e. The van der Waals surface area contributed by atoms with Gasteiger partial charge in [-0.25, -0.2) is 0 Å². The number of thiophene rings is 1. The molecule has 2 atom stereocenters. The van der Waals surface area contributed by atoms with Crippen molar-refractivity contribution in [3.63, 3.8) is 0 Å². The predicted molar refractivity (Wildman–Crippen MR) is 104 cm³/mol. The van der Waals surface area contributed by atoms with Crippen LogP contribution in [0.5, 0.6) is 0 Å². The van der Waals surface area contributed by atoms with Crippen LogP contribution in [0.3, 0.4) is 0 Å². The van der Waals surface area contributed by atoms with Crippen LogP contribution in [0.2, 0.25) is 0 Å². The lowest BCUT2D eigenvalue weighted by molar-refractivity contribution is 0.134. The molecule has 1 aromatic heterocycles. The Morgan fingerprint density at radius 3 is 2.81 bits per heavy atom. The second kappa shape index (κ2) is 9.32. The molecule has 2 unspecified atom stereocenters. The minimum atomic E-state index is -0.154. The lowest BCUT2D eigenvalue weighted by atomic mass is 10.1. The van der Waals surface area contributed by atoms with Crippen LogP contribution in [0, 0.1) is 5.92 Å². The molecule has 0 spiro atoms. The summed E-state index contributed by atoms with van der Waals surface area (Å²) >= 11 is 5.22. The van der Waals surface area contributed by atoms with Gasteiger partial charge in [-0.05, 0) is 40.9 Å². The number of halogens is 2. The van der Waals surface area contributed by atoms with Gasteiger partial charge >= 0.3 is 0 Å². The van der Waals surface area contributed by atoms with Crippen LogP contribution in [-0.4, -0.2) is 42.7 Å². The van der Waals surface area contributed by atoms with Crippen LogP contribution in [0.25, 0.3) is 0 Å². The fourth-order valence-electron chi connectivity index (χ4n) is 2.61. The molecule has 0 aliphatic heterocycles. The number of guanidine groups is 1. The van der Waals surface area contributed by atoms with Gasteiger partial charge in [0.25, 0.3) is 0 Å². The van der Waals surface area contributed by atoms with Gasteiger partial charge in [-0.3, -0.25) is 4.99 Å². The summed E-state index contributed by atoms with van der Waals surface area (Å²) < 4.78 is 1.15. The summed E-state index contributed by atoms with van der Waals surface area (Å²) in [6.45, 7) is 1.63. The Morgan fingerprint density at radius 1 is 1.52 bits per heavy atom. The second-order valence-corrected chi connectivity index (χ2v) is 7.80. The third kappa shape index (κ3) is 5.69. The van der Waals surface area contributed by atoms with Gasteiger partial charge in [0.15, 0.2) is 5.96 Å². The maximum atomic E-state index is 9.85. The molecule has 1 fully saturated rings. The topological polar surface area (TPSA) is 47.9 Å². The van der Waals surface area contributed by atoms with Crippen molar-refractivity contribution < 1.29 is 5.11 Å². The molecular formula is C14H23BrIN3OS. The van der Waals surface area contributed by atoms with Crippen molar-refractivity contribution in [1.82, 2.24) is 10.2 Å². The van der Waals surface area contributed by atoms with Crippen LogP contribution in [-0.2, 0) is 6.54 Å². The van der Waals surface area contributed by atoms with Gasteiger partial charge in [0, 0.05) is 31.4 Å². The van der Waals surface area contributed by atoms with E-state index in [0.29, 0.717) is 5.92 Å². The maximum Gasteiger partial charge on any atom is 0.193 e. The standard InChI is InChI=1S/C14H22BrN3OS.HI/c1-16-14(17-8-10-4-3-5-12(10)19)18(2)9-11-6-7-13(15)20-11;/h6-7,10,12,19H,3-5,8-9H2,1-2H3,(H,16,17);1H. The smallest absolute Gasteiger partial charge is 0.193 e. The third-order valence-corrected chi connectivity index (χ3v) is 5.34. The molecule has 1 aromatic rings. The molecule has 1 heterocycles. The van der Waals surface area contributed by atoms with Gasteiger partial charge in [0.1, 0.15) is 0 Å². The summed E-state index contributed by atoms with van der Waals surface area (Å²) in [7, 11) is 3.84. The van der Waals surface area contributed by atoms with Gasteiger partial charge in [0.2, 0.25) is 0 Å². The van der Waals surface area contributed by atoms with Crippen molar-refractivity contribution >= 4 is 57.2 Å². The van der Waals surface area contributed by atoms with E-state index in [4.69, 9.17) is 0 Å². The molecule has 2 rings (SSSR count). The number of hydrogen-bond donors (Lipinski definition) is 2. The zero-order valence-electron chi connectivity index (χ0n) is 12.4. The molecule has 120 valence electrons. The third-order valence-electron chi connectivity index (χ3n) is 3.74. The van der Waals surface area contributed by atoms with Gasteiger partial charge in [0.05, 0.1) is 16.4 Å². The highest BCUT2D eigenvalue weighted by atomic mass is 127. The Balaban J connectivity index is 0.00000220. The number of rotatable bonds is 4. The van der Waals surface area contributed by atoms with E-state index in [1.165, 1.54) is 4.88 Å². The molecule has 7 heteroatoms. The lowest BCUT2D eigenvalue weighted by Crippen LogP contribution is -2.41. The van der Waals surface area contributed by atoms with Crippen LogP contribution >= 0.6 is 51.2 Å². The van der Waals surface area contributed by atoms with E-state index in [-0.39, 0.29) is 30.1 Å². The molecule has 1 aliphatic carbocycles. The molecule has 0 bridgehead atoms. The number of nitrogens with one attached hydrogen (secondary N) is 1. The summed E-state index contributed by atoms with van der Waals surface area (Å²) in [5.74, 6) is 1.24. The van der Waals surface area contributed by atoms with E-state index in [2.05, 4.69) is 43.3 Å². The highest BCUT2D eigenvalue weighted by Gasteiger charge is 2.25. The van der Waals surface area contributed by atoms with E-state index in [1.54, 1.807) is 18.4 Å². The Labute approximate surface area is 156 Å². The number of hydrogen-bond acceptors (Lipinski definition) is 3. The summed E-state index contributed by atoms with van der Waals surface area (Å²) in [6, 6.07) is 4.19. The summed E-state index contributed by atoms with van der Waals surface area (Å²) in [6.07, 6.45) is 3.02. The van der Waals surface area contributed by atoms with E-state index in [0.717, 1.165) is 42.1 Å². The number of aliphatic hydroxyl groups excluding tert-OH is 1. The van der Waals surface area contributed by atoms with Crippen LogP contribution in [0.1, 0.15) is 24.1 Å². The first-order valence-electron chi connectivity index (χ1n) is 6.94. The first kappa shape index (κ1) is 19.2. The van der Waals surface area contributed by atoms with Crippen molar-refractivity contribution in [2.75, 3.05) is 20.6 Å². The predicted octanol–water partition coefficient (Wildman–Crippen LogP) is 3.30. The largest absolute Gasteiger partial charge is 0.393 e. The summed E-state index contributed by atoms with van der Waals surface area (Å²) in [4.78, 5) is 7.73. The Hall–Kier alpha value is 0.140. The van der Waals surface area contributed by atoms with Crippen LogP contribution < -0.4 is 5.32 Å². The first-order chi connectivity index (χ1) is 9.60. The van der Waals surface area contributed by atoms with Crippen molar-refractivity contribution in [3.05, 3.63) is 20.8 Å². The molecule has 1 aliphatic rings. The van der Waals surface area contributed by atoms with E-state index >= 15 is 0 Å². The van der Waals surface area contributed by atoms with Gasteiger partial charge in [-0.1, -0.05) is 6.42 Å². The molecule has 2 N–H and O–H groups in total. The molecule has 0 amide bonds. The van der Waals surface area contributed by atoms with Gasteiger partial charge in [-0.2, -0.15) is 0 Å². The normalized spacial score (nSPS) is 22.0. The van der Waals surface area contributed by atoms with E-state index < -0.39 is 0 Å². The second-order valence-electron chi connectivity index (χ2n) is 5.25. The zero-order chi connectivity index (χ0) is 14.5. The molecule has 0 saturated heterocycles. The van der Waals surface area contributed by atoms with E-state index in [9.17, 15) is 5.11 Å². The fourth-order valence-corrected chi connectivity index (χ4v) is 4.14. The number of aliphatic hydroxyl groups is 1. The lowest BCUT2D eigenvalue weighted by Gasteiger charge is -2.23. The summed E-state index contributed by atoms with van der Waals surface area (Å²) in [5, 5.41) is 13.2. The van der Waals surface area contributed by atoms with Gasteiger partial charge in [-0.15, -0.1) is 35.3 Å². The maximum absolute atomic E-state index is 9.85. The van der Waals surface area contributed by atoms with Crippen LogP contribution in [0.15, 0.2) is 20.9 Å². The minimum absolute atomic E-state index is 0. The summed E-state index contributed by atoms with van der Waals surface area (Å²) in [5.41, 5.74) is 0. The number of nitrogens with zero attached hydrogens (tertiary/aromatic N) is 2. The molecule has 0 aromatic carbocycles. The highest BCUT2D eigenvalue weighted by molar-refractivity contribution is 14.0. The average molecular weight is 488 g/mol. The van der Waals surface area contributed by atoms with Gasteiger partial charge < -0.3 is 15.3 Å². The van der Waals surface area contributed by atoms with E-state index in [1.807, 2.05) is 7.05 Å². The van der Waals surface area contributed by atoms with Crippen LogP contribution in [0.4, 0.5) is 0 Å². The average Bonchev–Trinajstić information content (AvgIpc) is 3.00. The molecular weight excluding hydrogens is 465 g/mol. The number of aliphatic imine (C=N–C) groups is 1. The molecule has 21 heavy (non-hydrogen) atoms. The highest BCUT2D eigenvalue weighted by Crippen LogP contribution is 2.25. The van der Waals surface area contributed by atoms with Crippen molar-refractivity contribution in [3.8, 4) is 0 Å². The molecule has 0 radical (unpaired) electrons. The van der Waals surface area contributed by atoms with Crippen molar-refractivity contribution in [1.29, 1.82) is 0 Å². The zero-order valence-corrected chi connectivity index (χ0v) is 17.1. The first-order valence-corrected chi connectivity index (χ1v) is 8.55. The molecule has 1 saturated carbocycles.